The summed E-state index contributed by atoms with van der Waals surface area (Å²) in [4.78, 5) is 35.1. The van der Waals surface area contributed by atoms with Gasteiger partial charge in [-0.1, -0.05) is 0 Å². The standard InChI is InChI=1S/C14H16N2O6/c1-22-12-7-9(4-5-11(12)16(20)21)14(19)15-6-2-3-10(15)8-13(17)18/h4-5,7,10H,2-3,6,8H2,1H3,(H,17,18). The van der Waals surface area contributed by atoms with Crippen molar-refractivity contribution in [1.82, 2.24) is 4.90 Å². The van der Waals surface area contributed by atoms with E-state index in [0.29, 0.717) is 13.0 Å². The van der Waals surface area contributed by atoms with Crippen LogP contribution in [-0.4, -0.2) is 46.5 Å². The Balaban J connectivity index is 2.25. The zero-order valence-corrected chi connectivity index (χ0v) is 12.0. The number of aliphatic carboxylic acids is 1. The normalized spacial score (nSPS) is 17.3. The third kappa shape index (κ3) is 3.16. The maximum atomic E-state index is 12.5. The van der Waals surface area contributed by atoms with E-state index in [1.807, 2.05) is 0 Å². The van der Waals surface area contributed by atoms with Gasteiger partial charge in [-0.2, -0.15) is 0 Å². The lowest BCUT2D eigenvalue weighted by Crippen LogP contribution is -2.36. The summed E-state index contributed by atoms with van der Waals surface area (Å²) in [6.45, 7) is 0.482. The van der Waals surface area contributed by atoms with Gasteiger partial charge in [0.25, 0.3) is 5.91 Å². The van der Waals surface area contributed by atoms with Crippen molar-refractivity contribution < 1.29 is 24.4 Å². The molecule has 0 bridgehead atoms. The zero-order valence-electron chi connectivity index (χ0n) is 12.0. The van der Waals surface area contributed by atoms with Gasteiger partial charge in [0.1, 0.15) is 0 Å². The van der Waals surface area contributed by atoms with Crippen molar-refractivity contribution in [2.45, 2.75) is 25.3 Å². The highest BCUT2D eigenvalue weighted by atomic mass is 16.6. The van der Waals surface area contributed by atoms with Gasteiger partial charge in [0, 0.05) is 30.3 Å². The molecule has 0 radical (unpaired) electrons. The number of nitro benzene ring substituents is 1. The molecule has 2 rings (SSSR count). The number of methoxy groups -OCH3 is 1. The molecule has 1 saturated heterocycles. The summed E-state index contributed by atoms with van der Waals surface area (Å²) in [5.74, 6) is -1.28. The third-order valence-electron chi connectivity index (χ3n) is 3.67. The van der Waals surface area contributed by atoms with Gasteiger partial charge in [0.15, 0.2) is 5.75 Å². The van der Waals surface area contributed by atoms with Crippen molar-refractivity contribution in [2.75, 3.05) is 13.7 Å². The van der Waals surface area contributed by atoms with Crippen LogP contribution in [0.1, 0.15) is 29.6 Å². The van der Waals surface area contributed by atoms with Gasteiger partial charge in [0.05, 0.1) is 18.5 Å². The van der Waals surface area contributed by atoms with Gasteiger partial charge in [-0.3, -0.25) is 19.7 Å². The minimum absolute atomic E-state index is 0.00447. The van der Waals surface area contributed by atoms with Crippen LogP contribution in [0.5, 0.6) is 5.75 Å². The smallest absolute Gasteiger partial charge is 0.310 e. The maximum absolute atomic E-state index is 12.5. The van der Waals surface area contributed by atoms with Gasteiger partial charge < -0.3 is 14.7 Å². The summed E-state index contributed by atoms with van der Waals surface area (Å²) < 4.78 is 4.94. The highest BCUT2D eigenvalue weighted by molar-refractivity contribution is 5.95. The SMILES string of the molecule is COc1cc(C(=O)N2CCCC2CC(=O)O)ccc1[N+](=O)[O-]. The zero-order chi connectivity index (χ0) is 16.3. The molecule has 22 heavy (non-hydrogen) atoms. The molecule has 0 aliphatic carbocycles. The molecule has 1 atom stereocenters. The monoisotopic (exact) mass is 308 g/mol. The number of amides is 1. The topological polar surface area (TPSA) is 110 Å². The van der Waals surface area contributed by atoms with Crippen molar-refractivity contribution in [2.24, 2.45) is 0 Å². The van der Waals surface area contributed by atoms with E-state index in [1.54, 1.807) is 0 Å². The number of hydrogen-bond donors (Lipinski definition) is 1. The first kappa shape index (κ1) is 15.7. The summed E-state index contributed by atoms with van der Waals surface area (Å²) in [5.41, 5.74) is 0.0299. The van der Waals surface area contributed by atoms with Crippen LogP contribution >= 0.6 is 0 Å². The lowest BCUT2D eigenvalue weighted by Gasteiger charge is -2.23. The molecular weight excluding hydrogens is 292 g/mol. The summed E-state index contributed by atoms with van der Waals surface area (Å²) >= 11 is 0. The van der Waals surface area contributed by atoms with Crippen molar-refractivity contribution in [3.8, 4) is 5.75 Å². The minimum Gasteiger partial charge on any atom is -0.490 e. The number of benzene rings is 1. The number of hydrogen-bond acceptors (Lipinski definition) is 5. The highest BCUT2D eigenvalue weighted by Gasteiger charge is 2.31. The van der Waals surface area contributed by atoms with E-state index in [-0.39, 0.29) is 35.4 Å². The van der Waals surface area contributed by atoms with Gasteiger partial charge in [-0.05, 0) is 18.9 Å². The molecule has 1 aliphatic heterocycles. The first-order chi connectivity index (χ1) is 10.4. The fourth-order valence-corrected chi connectivity index (χ4v) is 2.64. The van der Waals surface area contributed by atoms with Crippen LogP contribution in [0.4, 0.5) is 5.69 Å². The van der Waals surface area contributed by atoms with Crippen molar-refractivity contribution >= 4 is 17.6 Å². The Bertz CT molecular complexity index is 615. The quantitative estimate of drug-likeness (QED) is 0.654. The molecule has 1 N–H and O–H groups in total. The van der Waals surface area contributed by atoms with Crippen LogP contribution < -0.4 is 4.74 Å². The molecule has 1 heterocycles. The van der Waals surface area contributed by atoms with Crippen LogP contribution in [0.25, 0.3) is 0 Å². The Hall–Kier alpha value is -2.64. The van der Waals surface area contributed by atoms with Crippen LogP contribution in [0.3, 0.4) is 0 Å². The lowest BCUT2D eigenvalue weighted by atomic mass is 10.1. The predicted octanol–water partition coefficient (Wildman–Crippen LogP) is 1.68. The number of ether oxygens (including phenoxy) is 1. The Kier molecular flexibility index (Phi) is 4.59. The molecule has 0 saturated carbocycles. The van der Waals surface area contributed by atoms with E-state index < -0.39 is 10.9 Å². The Labute approximate surface area is 126 Å². The number of nitro groups is 1. The number of carboxylic acids is 1. The molecule has 0 spiro atoms. The maximum Gasteiger partial charge on any atom is 0.310 e. The Morgan fingerprint density at radius 1 is 1.50 bits per heavy atom. The van der Waals surface area contributed by atoms with Gasteiger partial charge in [-0.25, -0.2) is 0 Å². The molecule has 1 aromatic carbocycles. The van der Waals surface area contributed by atoms with Gasteiger partial charge in [-0.15, -0.1) is 0 Å². The molecule has 1 fully saturated rings. The molecule has 1 aromatic rings. The van der Waals surface area contributed by atoms with E-state index in [1.165, 1.54) is 30.2 Å². The highest BCUT2D eigenvalue weighted by Crippen LogP contribution is 2.29. The van der Waals surface area contributed by atoms with Gasteiger partial charge in [0.2, 0.25) is 0 Å². The number of carboxylic acid groups (broad SMARTS) is 1. The Morgan fingerprint density at radius 3 is 2.82 bits per heavy atom. The largest absolute Gasteiger partial charge is 0.490 e. The van der Waals surface area contributed by atoms with Crippen LogP contribution in [0, 0.1) is 10.1 Å². The van der Waals surface area contributed by atoms with E-state index in [0.717, 1.165) is 6.42 Å². The molecule has 8 nitrogen and oxygen atoms in total. The number of carbonyl (C=O) groups excluding carboxylic acids is 1. The Morgan fingerprint density at radius 2 is 2.23 bits per heavy atom. The van der Waals surface area contributed by atoms with Crippen molar-refractivity contribution in [3.05, 3.63) is 33.9 Å². The second-order valence-electron chi connectivity index (χ2n) is 5.04. The first-order valence-corrected chi connectivity index (χ1v) is 6.79. The number of nitrogens with zero attached hydrogens (tertiary/aromatic N) is 2. The molecule has 1 aliphatic rings. The summed E-state index contributed by atoms with van der Waals surface area (Å²) in [6, 6.07) is 3.55. The van der Waals surface area contributed by atoms with Crippen LogP contribution in [0.15, 0.2) is 18.2 Å². The minimum atomic E-state index is -0.953. The first-order valence-electron chi connectivity index (χ1n) is 6.79. The second kappa shape index (κ2) is 6.42. The molecule has 8 heteroatoms. The van der Waals surface area contributed by atoms with Crippen LogP contribution in [0.2, 0.25) is 0 Å². The molecule has 118 valence electrons. The molecule has 0 aromatic heterocycles. The van der Waals surface area contributed by atoms with Crippen molar-refractivity contribution in [1.29, 1.82) is 0 Å². The molecule has 1 unspecified atom stereocenters. The third-order valence-corrected chi connectivity index (χ3v) is 3.67. The van der Waals surface area contributed by atoms with E-state index in [2.05, 4.69) is 0 Å². The van der Waals surface area contributed by atoms with Gasteiger partial charge >= 0.3 is 11.7 Å². The van der Waals surface area contributed by atoms with Crippen molar-refractivity contribution in [3.63, 3.8) is 0 Å². The fraction of sp³-hybridized carbons (Fsp3) is 0.429. The molecular formula is C14H16N2O6. The van der Waals surface area contributed by atoms with E-state index in [4.69, 9.17) is 9.84 Å². The number of likely N-dealkylation sites (tertiary alicyclic amines) is 1. The van der Waals surface area contributed by atoms with E-state index in [9.17, 15) is 19.7 Å². The summed E-state index contributed by atoms with van der Waals surface area (Å²) in [6.07, 6.45) is 1.28. The predicted molar refractivity (Wildman–Crippen MR) is 76.0 cm³/mol. The fourth-order valence-electron chi connectivity index (χ4n) is 2.64. The average Bonchev–Trinajstić information content (AvgIpc) is 2.92. The van der Waals surface area contributed by atoms with Crippen LogP contribution in [-0.2, 0) is 4.79 Å². The number of carbonyl (C=O) groups is 2. The lowest BCUT2D eigenvalue weighted by molar-refractivity contribution is -0.385. The number of rotatable bonds is 5. The average molecular weight is 308 g/mol. The molecule has 1 amide bonds. The summed E-state index contributed by atoms with van der Waals surface area (Å²) in [7, 11) is 1.29. The second-order valence-corrected chi connectivity index (χ2v) is 5.04. The summed E-state index contributed by atoms with van der Waals surface area (Å²) in [5, 5.41) is 19.7. The van der Waals surface area contributed by atoms with E-state index >= 15 is 0 Å².